The summed E-state index contributed by atoms with van der Waals surface area (Å²) >= 11 is 0. The van der Waals surface area contributed by atoms with Crippen LogP contribution in [0.5, 0.6) is 5.75 Å². The summed E-state index contributed by atoms with van der Waals surface area (Å²) in [6.07, 6.45) is 3.68. The first-order valence-corrected chi connectivity index (χ1v) is 14.7. The number of amidine groups is 1. The monoisotopic (exact) mass is 532 g/mol. The molecular formula is C26H40N6O4S. The van der Waals surface area contributed by atoms with Crippen LogP contribution in [0, 0.1) is 11.3 Å². The number of ether oxygens (including phenoxy) is 1. The van der Waals surface area contributed by atoms with Crippen molar-refractivity contribution in [2.75, 3.05) is 46.5 Å². The van der Waals surface area contributed by atoms with Crippen molar-refractivity contribution in [2.45, 2.75) is 56.9 Å². The molecule has 0 aliphatic carbocycles. The zero-order chi connectivity index (χ0) is 26.7. The van der Waals surface area contributed by atoms with Gasteiger partial charge in [-0.25, -0.2) is 8.42 Å². The Morgan fingerprint density at radius 3 is 2.59 bits per heavy atom. The largest absolute Gasteiger partial charge is 0.493 e. The van der Waals surface area contributed by atoms with Crippen LogP contribution in [0.15, 0.2) is 34.4 Å². The summed E-state index contributed by atoms with van der Waals surface area (Å²) in [5, 5.41) is 10.6. The molecule has 37 heavy (non-hydrogen) atoms. The average Bonchev–Trinajstić information content (AvgIpc) is 3.19. The summed E-state index contributed by atoms with van der Waals surface area (Å²) in [6.45, 7) is 7.68. The predicted octanol–water partition coefficient (Wildman–Crippen LogP) is 2.24. The lowest BCUT2D eigenvalue weighted by Crippen LogP contribution is -2.43. The Kier molecular flexibility index (Phi) is 8.45. The zero-order valence-electron chi connectivity index (χ0n) is 22.1. The van der Waals surface area contributed by atoms with E-state index in [1.807, 2.05) is 18.9 Å². The van der Waals surface area contributed by atoms with Gasteiger partial charge in [0, 0.05) is 38.7 Å². The Morgan fingerprint density at radius 1 is 1.22 bits per heavy atom. The number of piperidine rings is 1. The van der Waals surface area contributed by atoms with Gasteiger partial charge in [0.1, 0.15) is 11.4 Å². The van der Waals surface area contributed by atoms with E-state index in [-0.39, 0.29) is 22.6 Å². The van der Waals surface area contributed by atoms with Crippen molar-refractivity contribution in [3.05, 3.63) is 35.0 Å². The lowest BCUT2D eigenvalue weighted by Gasteiger charge is -2.35. The van der Waals surface area contributed by atoms with Crippen LogP contribution in [0.4, 0.5) is 0 Å². The minimum atomic E-state index is -3.73. The van der Waals surface area contributed by atoms with Crippen LogP contribution in [0.1, 0.15) is 57.6 Å². The van der Waals surface area contributed by atoms with Crippen molar-refractivity contribution >= 4 is 21.8 Å². The van der Waals surface area contributed by atoms with Crippen molar-refractivity contribution < 1.29 is 17.9 Å². The molecule has 204 valence electrons. The van der Waals surface area contributed by atoms with E-state index < -0.39 is 16.1 Å². The minimum Gasteiger partial charge on any atom is -0.493 e. The van der Waals surface area contributed by atoms with Gasteiger partial charge in [0.05, 0.1) is 30.0 Å². The smallest absolute Gasteiger partial charge is 0.268 e. The zero-order valence-corrected chi connectivity index (χ0v) is 22.9. The molecule has 0 aromatic heterocycles. The third-order valence-corrected chi connectivity index (χ3v) is 9.24. The number of nitrogens with zero attached hydrogens (tertiary/aromatic N) is 3. The van der Waals surface area contributed by atoms with Gasteiger partial charge in [-0.05, 0) is 61.9 Å². The summed E-state index contributed by atoms with van der Waals surface area (Å²) in [6, 6.07) is 4.56. The highest BCUT2D eigenvalue weighted by Crippen LogP contribution is 2.40. The number of carbonyl (C=O) groups excluding carboxylic acids is 1. The number of rotatable bonds is 10. The molecule has 3 aliphatic rings. The maximum atomic E-state index is 13.6. The number of carbonyl (C=O) groups is 1. The van der Waals surface area contributed by atoms with E-state index in [0.717, 1.165) is 25.0 Å². The van der Waals surface area contributed by atoms with Crippen molar-refractivity contribution in [1.82, 2.24) is 19.4 Å². The second-order valence-electron chi connectivity index (χ2n) is 10.3. The van der Waals surface area contributed by atoms with Gasteiger partial charge in [0.15, 0.2) is 0 Å². The molecule has 11 heteroatoms. The van der Waals surface area contributed by atoms with E-state index in [4.69, 9.17) is 15.9 Å². The number of hydrogen-bond donors (Lipinski definition) is 3. The van der Waals surface area contributed by atoms with Gasteiger partial charge in [0.2, 0.25) is 10.0 Å². The molecule has 4 rings (SSSR count). The normalized spacial score (nSPS) is 21.8. The van der Waals surface area contributed by atoms with Crippen LogP contribution in [0.3, 0.4) is 0 Å². The lowest BCUT2D eigenvalue weighted by atomic mass is 9.94. The Balaban J connectivity index is 1.66. The molecule has 10 nitrogen and oxygen atoms in total. The molecule has 1 aromatic carbocycles. The fourth-order valence-electron chi connectivity index (χ4n) is 5.62. The standard InChI is InChI=1S/C26H40N6O4S/c1-4-10-31-16-21-24(29-26(33)25(21)30(3)17-31)20-15-19(6-7-22(20)36-13-5-2)37(34,35)32-11-8-18(9-12-32)14-23(27)28/h6-7,15,18,24H,4-5,8-14,16-17H2,1-3H3,(H3,27,28)(H,29,33). The van der Waals surface area contributed by atoms with Crippen molar-refractivity contribution in [2.24, 2.45) is 11.7 Å². The van der Waals surface area contributed by atoms with Crippen molar-refractivity contribution in [3.8, 4) is 5.75 Å². The van der Waals surface area contributed by atoms with E-state index in [2.05, 4.69) is 17.1 Å². The van der Waals surface area contributed by atoms with Crippen molar-refractivity contribution in [3.63, 3.8) is 0 Å². The molecule has 1 unspecified atom stereocenters. The molecule has 0 radical (unpaired) electrons. The number of hydrogen-bond acceptors (Lipinski definition) is 7. The second-order valence-corrected chi connectivity index (χ2v) is 12.2. The molecule has 0 spiro atoms. The van der Waals surface area contributed by atoms with E-state index in [0.29, 0.717) is 69.2 Å². The SMILES string of the molecule is CCCOc1ccc(S(=O)(=O)N2CCC(CC(=N)N)CC2)cc1C1NC(=O)C2=C1CN(CCC)CN2C. The van der Waals surface area contributed by atoms with Gasteiger partial charge in [-0.2, -0.15) is 4.31 Å². The highest BCUT2D eigenvalue weighted by molar-refractivity contribution is 7.89. The Labute approximate surface area is 220 Å². The van der Waals surface area contributed by atoms with Crippen LogP contribution < -0.4 is 15.8 Å². The first-order valence-electron chi connectivity index (χ1n) is 13.2. The van der Waals surface area contributed by atoms with Crippen LogP contribution in [-0.2, 0) is 14.8 Å². The number of nitrogens with two attached hydrogens (primary N) is 1. The molecule has 4 N–H and O–H groups in total. The molecular weight excluding hydrogens is 492 g/mol. The van der Waals surface area contributed by atoms with Crippen molar-refractivity contribution in [1.29, 1.82) is 5.41 Å². The Hall–Kier alpha value is -2.63. The first kappa shape index (κ1) is 27.4. The van der Waals surface area contributed by atoms with Gasteiger partial charge in [-0.15, -0.1) is 0 Å². The summed E-state index contributed by atoms with van der Waals surface area (Å²) in [5.74, 6) is 0.834. The second kappa shape index (κ2) is 11.4. The molecule has 1 atom stereocenters. The maximum absolute atomic E-state index is 13.6. The summed E-state index contributed by atoms with van der Waals surface area (Å²) < 4.78 is 34.9. The molecule has 1 saturated heterocycles. The molecule has 1 amide bonds. The lowest BCUT2D eigenvalue weighted by molar-refractivity contribution is -0.118. The summed E-state index contributed by atoms with van der Waals surface area (Å²) in [7, 11) is -1.81. The molecule has 3 aliphatic heterocycles. The number of benzene rings is 1. The number of likely N-dealkylation sites (N-methyl/N-ethyl adjacent to an activating group) is 1. The number of nitrogens with one attached hydrogen (secondary N) is 2. The van der Waals surface area contributed by atoms with Gasteiger partial charge in [-0.1, -0.05) is 13.8 Å². The molecule has 0 bridgehead atoms. The van der Waals surface area contributed by atoms with E-state index in [9.17, 15) is 13.2 Å². The number of sulfonamides is 1. The Bertz CT molecular complexity index is 1160. The Morgan fingerprint density at radius 2 is 1.95 bits per heavy atom. The van der Waals surface area contributed by atoms with Gasteiger partial charge < -0.3 is 20.7 Å². The van der Waals surface area contributed by atoms with E-state index in [1.165, 1.54) is 4.31 Å². The molecule has 1 aromatic rings. The quantitative estimate of drug-likeness (QED) is 0.311. The van der Waals surface area contributed by atoms with Gasteiger partial charge >= 0.3 is 0 Å². The maximum Gasteiger partial charge on any atom is 0.268 e. The predicted molar refractivity (Wildman–Crippen MR) is 143 cm³/mol. The highest BCUT2D eigenvalue weighted by atomic mass is 32.2. The highest BCUT2D eigenvalue weighted by Gasteiger charge is 2.40. The van der Waals surface area contributed by atoms with Crippen LogP contribution in [0.25, 0.3) is 0 Å². The first-order chi connectivity index (χ1) is 17.6. The van der Waals surface area contributed by atoms with Crippen LogP contribution in [0.2, 0.25) is 0 Å². The van der Waals surface area contributed by atoms with E-state index in [1.54, 1.807) is 18.2 Å². The summed E-state index contributed by atoms with van der Waals surface area (Å²) in [4.78, 5) is 17.5. The number of amides is 1. The fourth-order valence-corrected chi connectivity index (χ4v) is 7.12. The minimum absolute atomic E-state index is 0.138. The van der Waals surface area contributed by atoms with Crippen LogP contribution in [-0.4, -0.2) is 80.8 Å². The van der Waals surface area contributed by atoms with Gasteiger partial charge in [0.25, 0.3) is 5.91 Å². The third kappa shape index (κ3) is 5.78. The topological polar surface area (TPSA) is 132 Å². The van der Waals surface area contributed by atoms with E-state index >= 15 is 0 Å². The molecule has 1 fully saturated rings. The third-order valence-electron chi connectivity index (χ3n) is 7.34. The van der Waals surface area contributed by atoms with Gasteiger partial charge in [-0.3, -0.25) is 15.1 Å². The molecule has 0 saturated carbocycles. The summed E-state index contributed by atoms with van der Waals surface area (Å²) in [5.41, 5.74) is 7.84. The average molecular weight is 533 g/mol. The fraction of sp³-hybridized carbons (Fsp3) is 0.615. The molecule has 3 heterocycles. The van der Waals surface area contributed by atoms with Crippen LogP contribution >= 0.6 is 0 Å².